The lowest BCUT2D eigenvalue weighted by atomic mass is 10.1. The number of methoxy groups -OCH3 is 1. The molecule has 1 atom stereocenters. The van der Waals surface area contributed by atoms with Gasteiger partial charge in [0.1, 0.15) is 18.1 Å². The first kappa shape index (κ1) is 23.2. The topological polar surface area (TPSA) is 103 Å². The average Bonchev–Trinajstić information content (AvgIpc) is 3.17. The van der Waals surface area contributed by atoms with Crippen LogP contribution >= 0.6 is 11.8 Å². The largest absolute Gasteiger partial charge is 0.495 e. The number of non-ortho nitro benzene ring substituents is 1. The number of hydrogen-bond donors (Lipinski definition) is 2. The van der Waals surface area contributed by atoms with E-state index in [9.17, 15) is 14.9 Å². The zero-order valence-electron chi connectivity index (χ0n) is 18.6. The zero-order chi connectivity index (χ0) is 24.1. The number of carbonyl (C=O) groups is 1. The van der Waals surface area contributed by atoms with Gasteiger partial charge in [0.25, 0.3) is 11.6 Å². The Morgan fingerprint density at radius 1 is 1.12 bits per heavy atom. The monoisotopic (exact) mass is 477 g/mol. The van der Waals surface area contributed by atoms with Crippen molar-refractivity contribution in [2.45, 2.75) is 19.0 Å². The molecule has 3 aromatic carbocycles. The molecule has 3 aromatic rings. The molecule has 9 heteroatoms. The van der Waals surface area contributed by atoms with E-state index in [2.05, 4.69) is 10.6 Å². The molecular formula is C25H23N3O5S. The molecule has 1 aliphatic rings. The van der Waals surface area contributed by atoms with Crippen molar-refractivity contribution >= 4 is 35.1 Å². The summed E-state index contributed by atoms with van der Waals surface area (Å²) in [6.07, 6.45) is 1.79. The van der Waals surface area contributed by atoms with E-state index in [1.165, 1.54) is 23.9 Å². The maximum Gasteiger partial charge on any atom is 0.269 e. The minimum Gasteiger partial charge on any atom is -0.495 e. The number of ether oxygens (including phenoxy) is 2. The fourth-order valence-electron chi connectivity index (χ4n) is 3.39. The summed E-state index contributed by atoms with van der Waals surface area (Å²) in [5.74, 6) is 1.13. The van der Waals surface area contributed by atoms with E-state index in [4.69, 9.17) is 9.47 Å². The van der Waals surface area contributed by atoms with E-state index in [1.807, 2.05) is 49.4 Å². The predicted molar refractivity (Wildman–Crippen MR) is 133 cm³/mol. The van der Waals surface area contributed by atoms with Crippen LogP contribution in [0.3, 0.4) is 0 Å². The van der Waals surface area contributed by atoms with Crippen molar-refractivity contribution in [3.05, 3.63) is 98.4 Å². The first-order chi connectivity index (χ1) is 16.4. The van der Waals surface area contributed by atoms with Gasteiger partial charge in [-0.1, -0.05) is 36.0 Å². The Morgan fingerprint density at radius 3 is 2.62 bits per heavy atom. The first-order valence-corrected chi connectivity index (χ1v) is 11.4. The van der Waals surface area contributed by atoms with Crippen LogP contribution in [0.25, 0.3) is 6.08 Å². The van der Waals surface area contributed by atoms with Crippen LogP contribution in [0.4, 0.5) is 11.4 Å². The van der Waals surface area contributed by atoms with E-state index in [0.29, 0.717) is 16.4 Å². The van der Waals surface area contributed by atoms with Crippen LogP contribution in [0, 0.1) is 17.0 Å². The van der Waals surface area contributed by atoms with E-state index in [0.717, 1.165) is 22.4 Å². The summed E-state index contributed by atoms with van der Waals surface area (Å²) in [6, 6.07) is 19.4. The number of carbonyl (C=O) groups excluding carboxylic acids is 1. The van der Waals surface area contributed by atoms with Crippen molar-refractivity contribution in [1.29, 1.82) is 0 Å². The number of nitro benzene ring substituents is 1. The Balaban J connectivity index is 1.46. The number of nitrogens with one attached hydrogen (secondary N) is 2. The zero-order valence-corrected chi connectivity index (χ0v) is 19.4. The van der Waals surface area contributed by atoms with Crippen LogP contribution in [0.1, 0.15) is 16.7 Å². The maximum atomic E-state index is 12.6. The summed E-state index contributed by atoms with van der Waals surface area (Å²) < 4.78 is 11.4. The molecule has 0 aliphatic carbocycles. The molecule has 2 N–H and O–H groups in total. The van der Waals surface area contributed by atoms with Crippen molar-refractivity contribution in [1.82, 2.24) is 5.32 Å². The van der Waals surface area contributed by atoms with Gasteiger partial charge in [-0.25, -0.2) is 0 Å². The van der Waals surface area contributed by atoms with E-state index < -0.39 is 4.92 Å². The van der Waals surface area contributed by atoms with Crippen LogP contribution in [-0.2, 0) is 11.4 Å². The quantitative estimate of drug-likeness (QED) is 0.265. The van der Waals surface area contributed by atoms with Crippen LogP contribution in [0.15, 0.2) is 71.6 Å². The number of nitrogens with zero attached hydrogens (tertiary/aromatic N) is 1. The van der Waals surface area contributed by atoms with Crippen LogP contribution in [0.2, 0.25) is 0 Å². The number of hydrogen-bond acceptors (Lipinski definition) is 7. The summed E-state index contributed by atoms with van der Waals surface area (Å²) in [4.78, 5) is 23.5. The first-order valence-electron chi connectivity index (χ1n) is 10.5. The molecule has 0 spiro atoms. The molecule has 0 radical (unpaired) electrons. The minimum atomic E-state index is -0.437. The molecule has 1 amide bonds. The summed E-state index contributed by atoms with van der Waals surface area (Å²) in [5, 5.41) is 17.1. The number of para-hydroxylation sites is 1. The van der Waals surface area contributed by atoms with Crippen molar-refractivity contribution in [3.63, 3.8) is 0 Å². The van der Waals surface area contributed by atoms with Crippen molar-refractivity contribution in [3.8, 4) is 11.5 Å². The Morgan fingerprint density at radius 2 is 1.88 bits per heavy atom. The molecule has 0 aromatic heterocycles. The number of thioether (sulfide) groups is 1. The second-order valence-electron chi connectivity index (χ2n) is 7.58. The molecule has 0 bridgehead atoms. The van der Waals surface area contributed by atoms with Gasteiger partial charge < -0.3 is 20.1 Å². The van der Waals surface area contributed by atoms with Gasteiger partial charge in [0.2, 0.25) is 0 Å². The number of amides is 1. The van der Waals surface area contributed by atoms with Crippen LogP contribution in [0.5, 0.6) is 11.5 Å². The summed E-state index contributed by atoms with van der Waals surface area (Å²) in [6.45, 7) is 2.23. The SMILES string of the molecule is COc1ccc(C)cc1NC1NC(=O)/C(=C/c2ccccc2OCc2ccc([N+](=O)[O-])cc2)S1. The van der Waals surface area contributed by atoms with Gasteiger partial charge in [-0.3, -0.25) is 14.9 Å². The molecule has 1 saturated heterocycles. The minimum absolute atomic E-state index is 0.0320. The molecule has 174 valence electrons. The molecule has 8 nitrogen and oxygen atoms in total. The molecular weight excluding hydrogens is 454 g/mol. The van der Waals surface area contributed by atoms with Gasteiger partial charge in [-0.2, -0.15) is 0 Å². The highest BCUT2D eigenvalue weighted by Crippen LogP contribution is 2.34. The lowest BCUT2D eigenvalue weighted by Gasteiger charge is -2.16. The van der Waals surface area contributed by atoms with Gasteiger partial charge in [0.05, 0.1) is 22.6 Å². The third kappa shape index (κ3) is 5.49. The van der Waals surface area contributed by atoms with Gasteiger partial charge in [0, 0.05) is 17.7 Å². The summed E-state index contributed by atoms with van der Waals surface area (Å²) >= 11 is 1.38. The number of benzene rings is 3. The van der Waals surface area contributed by atoms with E-state index in [-0.39, 0.29) is 23.7 Å². The lowest BCUT2D eigenvalue weighted by molar-refractivity contribution is -0.384. The fraction of sp³-hybridized carbons (Fsp3) is 0.160. The Labute approximate surface area is 201 Å². The van der Waals surface area contributed by atoms with Gasteiger partial charge in [-0.05, 0) is 54.5 Å². The molecule has 1 unspecified atom stereocenters. The molecule has 1 fully saturated rings. The maximum absolute atomic E-state index is 12.6. The molecule has 0 saturated carbocycles. The second kappa shape index (κ2) is 10.3. The lowest BCUT2D eigenvalue weighted by Crippen LogP contribution is -2.31. The molecule has 1 aliphatic heterocycles. The van der Waals surface area contributed by atoms with Gasteiger partial charge in [0.15, 0.2) is 5.50 Å². The molecule has 34 heavy (non-hydrogen) atoms. The summed E-state index contributed by atoms with van der Waals surface area (Å²) in [5.41, 5.74) is 3.13. The molecule has 4 rings (SSSR count). The normalized spacial score (nSPS) is 16.2. The standard InChI is InChI=1S/C25H23N3O5S/c1-16-7-12-22(32-2)20(13-16)26-25-27-24(29)23(34-25)14-18-5-3-4-6-21(18)33-15-17-8-10-19(11-9-17)28(30)31/h3-14,25-26H,15H2,1-2H3,(H,27,29)/b23-14-. The Hall–Kier alpha value is -3.98. The average molecular weight is 478 g/mol. The highest BCUT2D eigenvalue weighted by Gasteiger charge is 2.28. The van der Waals surface area contributed by atoms with Crippen molar-refractivity contribution in [2.24, 2.45) is 0 Å². The van der Waals surface area contributed by atoms with E-state index in [1.54, 1.807) is 25.3 Å². The van der Waals surface area contributed by atoms with Crippen molar-refractivity contribution < 1.29 is 19.2 Å². The summed E-state index contributed by atoms with van der Waals surface area (Å²) in [7, 11) is 1.61. The second-order valence-corrected chi connectivity index (χ2v) is 8.73. The van der Waals surface area contributed by atoms with Crippen molar-refractivity contribution in [2.75, 3.05) is 12.4 Å². The molecule has 1 heterocycles. The Kier molecular flexibility index (Phi) is 7.03. The van der Waals surface area contributed by atoms with E-state index >= 15 is 0 Å². The highest BCUT2D eigenvalue weighted by atomic mass is 32.2. The number of rotatable bonds is 8. The third-order valence-corrected chi connectivity index (χ3v) is 6.15. The highest BCUT2D eigenvalue weighted by molar-refractivity contribution is 8.05. The van der Waals surface area contributed by atoms with Gasteiger partial charge in [-0.15, -0.1) is 0 Å². The van der Waals surface area contributed by atoms with Crippen LogP contribution in [-0.4, -0.2) is 23.4 Å². The third-order valence-electron chi connectivity index (χ3n) is 5.12. The number of aryl methyl sites for hydroxylation is 1. The number of anilines is 1. The smallest absolute Gasteiger partial charge is 0.269 e. The van der Waals surface area contributed by atoms with Crippen LogP contribution < -0.4 is 20.1 Å². The van der Waals surface area contributed by atoms with Gasteiger partial charge >= 0.3 is 0 Å². The predicted octanol–water partition coefficient (Wildman–Crippen LogP) is 5.09. The number of nitro groups is 1. The fourth-order valence-corrected chi connectivity index (χ4v) is 4.36. The Bertz CT molecular complexity index is 1240.